The molecule has 1 aliphatic rings. The molecular weight excluding hydrogens is 307 g/mol. The minimum atomic E-state index is -4.41. The van der Waals surface area contributed by atoms with Crippen molar-refractivity contribution >= 4 is 16.5 Å². The van der Waals surface area contributed by atoms with Gasteiger partial charge < -0.3 is 14.2 Å². The fourth-order valence-electron chi connectivity index (χ4n) is 2.10. The van der Waals surface area contributed by atoms with Crippen LogP contribution in [0.5, 0.6) is 0 Å². The van der Waals surface area contributed by atoms with E-state index in [0.717, 1.165) is 16.7 Å². The summed E-state index contributed by atoms with van der Waals surface area (Å²) in [5.41, 5.74) is -0.857. The molecule has 0 aromatic carbocycles. The highest BCUT2D eigenvalue weighted by molar-refractivity contribution is 7.13. The molecule has 0 N–H and O–H groups in total. The van der Waals surface area contributed by atoms with Gasteiger partial charge in [-0.15, -0.1) is 21.5 Å². The summed E-state index contributed by atoms with van der Waals surface area (Å²) in [6, 6.07) is 0. The van der Waals surface area contributed by atoms with E-state index >= 15 is 0 Å². The number of thiazole rings is 1. The predicted molar refractivity (Wildman–Crippen MR) is 69.0 cm³/mol. The number of alkyl halides is 3. The maximum Gasteiger partial charge on any atom is 0.434 e. The molecule has 1 saturated heterocycles. The van der Waals surface area contributed by atoms with Crippen molar-refractivity contribution in [2.24, 2.45) is 7.05 Å². The lowest BCUT2D eigenvalue weighted by molar-refractivity contribution is -0.140. The number of halogens is 3. The fourth-order valence-corrected chi connectivity index (χ4v) is 2.97. The SMILES string of the molecule is Cn1cnnc1[C@H]1CN(c2nc(C(F)(F)F)cs2)CCO1. The normalized spacial score (nSPS) is 20.0. The molecule has 1 aliphatic heterocycles. The molecule has 2 aromatic heterocycles. The number of aryl methyl sites for hydroxylation is 1. The van der Waals surface area contributed by atoms with Gasteiger partial charge in [0, 0.05) is 19.0 Å². The van der Waals surface area contributed by atoms with Crippen molar-refractivity contribution < 1.29 is 17.9 Å². The number of rotatable bonds is 2. The van der Waals surface area contributed by atoms with Gasteiger partial charge in [-0.05, 0) is 0 Å². The average Bonchev–Trinajstić information content (AvgIpc) is 3.06. The van der Waals surface area contributed by atoms with E-state index in [1.807, 2.05) is 0 Å². The van der Waals surface area contributed by atoms with Crippen molar-refractivity contribution in [1.29, 1.82) is 0 Å². The predicted octanol–water partition coefficient (Wildman–Crippen LogP) is 1.87. The third kappa shape index (κ3) is 2.86. The number of nitrogens with zero attached hydrogens (tertiary/aromatic N) is 5. The highest BCUT2D eigenvalue weighted by Crippen LogP contribution is 2.34. The van der Waals surface area contributed by atoms with Crippen LogP contribution < -0.4 is 4.90 Å². The van der Waals surface area contributed by atoms with Gasteiger partial charge in [-0.3, -0.25) is 0 Å². The molecule has 0 unspecified atom stereocenters. The maximum atomic E-state index is 12.6. The van der Waals surface area contributed by atoms with E-state index < -0.39 is 11.9 Å². The maximum absolute atomic E-state index is 12.6. The van der Waals surface area contributed by atoms with E-state index in [2.05, 4.69) is 15.2 Å². The number of hydrogen-bond acceptors (Lipinski definition) is 6. The molecule has 3 heterocycles. The van der Waals surface area contributed by atoms with E-state index in [4.69, 9.17) is 4.74 Å². The van der Waals surface area contributed by atoms with E-state index in [1.54, 1.807) is 22.8 Å². The van der Waals surface area contributed by atoms with Gasteiger partial charge >= 0.3 is 6.18 Å². The quantitative estimate of drug-likeness (QED) is 0.846. The highest BCUT2D eigenvalue weighted by atomic mass is 32.1. The highest BCUT2D eigenvalue weighted by Gasteiger charge is 2.35. The molecule has 0 amide bonds. The summed E-state index contributed by atoms with van der Waals surface area (Å²) in [4.78, 5) is 5.44. The summed E-state index contributed by atoms with van der Waals surface area (Å²) < 4.78 is 45.2. The zero-order valence-electron chi connectivity index (χ0n) is 11.0. The largest absolute Gasteiger partial charge is 0.434 e. The Balaban J connectivity index is 1.77. The molecule has 0 bridgehead atoms. The molecular formula is C11H12F3N5OS. The van der Waals surface area contributed by atoms with Gasteiger partial charge in [-0.25, -0.2) is 4.98 Å². The van der Waals surface area contributed by atoms with Gasteiger partial charge in [-0.2, -0.15) is 13.2 Å². The minimum absolute atomic E-state index is 0.329. The van der Waals surface area contributed by atoms with Crippen molar-refractivity contribution in [2.45, 2.75) is 12.3 Å². The second-order valence-corrected chi connectivity index (χ2v) is 5.46. The summed E-state index contributed by atoms with van der Waals surface area (Å²) in [6.45, 7) is 1.30. The summed E-state index contributed by atoms with van der Waals surface area (Å²) in [6.07, 6.45) is -3.18. The standard InChI is InChI=1S/C11H12F3N5OS/c1-18-6-15-17-9(18)7-4-19(2-3-20-7)10-16-8(5-21-10)11(12,13)14/h5-7H,2-4H2,1H3/t7-/m1/s1. The first kappa shape index (κ1) is 14.3. The van der Waals surface area contributed by atoms with Crippen molar-refractivity contribution in [2.75, 3.05) is 24.6 Å². The van der Waals surface area contributed by atoms with Crippen LogP contribution in [0, 0.1) is 0 Å². The Hall–Kier alpha value is -1.68. The Morgan fingerprint density at radius 1 is 1.43 bits per heavy atom. The fraction of sp³-hybridized carbons (Fsp3) is 0.545. The van der Waals surface area contributed by atoms with Crippen LogP contribution in [0.4, 0.5) is 18.3 Å². The number of anilines is 1. The number of ether oxygens (including phenoxy) is 1. The Kier molecular flexibility index (Phi) is 3.57. The zero-order valence-corrected chi connectivity index (χ0v) is 11.9. The van der Waals surface area contributed by atoms with E-state index in [1.165, 1.54) is 0 Å². The molecule has 0 radical (unpaired) electrons. The Morgan fingerprint density at radius 2 is 2.24 bits per heavy atom. The van der Waals surface area contributed by atoms with Crippen molar-refractivity contribution in [3.63, 3.8) is 0 Å². The molecule has 10 heteroatoms. The topological polar surface area (TPSA) is 56.1 Å². The van der Waals surface area contributed by atoms with Crippen LogP contribution in [-0.2, 0) is 18.0 Å². The molecule has 0 spiro atoms. The van der Waals surface area contributed by atoms with Gasteiger partial charge in [0.2, 0.25) is 0 Å². The Bertz CT molecular complexity index is 625. The van der Waals surface area contributed by atoms with Gasteiger partial charge in [0.15, 0.2) is 16.6 Å². The average molecular weight is 319 g/mol. The first-order chi connectivity index (χ1) is 9.95. The van der Waals surface area contributed by atoms with Gasteiger partial charge in [0.05, 0.1) is 13.2 Å². The molecule has 1 fully saturated rings. The third-order valence-electron chi connectivity index (χ3n) is 3.15. The first-order valence-corrected chi connectivity index (χ1v) is 7.06. The monoisotopic (exact) mass is 319 g/mol. The van der Waals surface area contributed by atoms with Crippen molar-refractivity contribution in [1.82, 2.24) is 19.7 Å². The summed E-state index contributed by atoms with van der Waals surface area (Å²) in [5.74, 6) is 0.646. The van der Waals surface area contributed by atoms with E-state index in [9.17, 15) is 13.2 Å². The van der Waals surface area contributed by atoms with Crippen LogP contribution in [0.1, 0.15) is 17.6 Å². The molecule has 2 aromatic rings. The number of hydrogen-bond donors (Lipinski definition) is 0. The van der Waals surface area contributed by atoms with Crippen LogP contribution in [0.3, 0.4) is 0 Å². The van der Waals surface area contributed by atoms with Crippen molar-refractivity contribution in [3.8, 4) is 0 Å². The first-order valence-electron chi connectivity index (χ1n) is 6.18. The molecule has 3 rings (SSSR count). The third-order valence-corrected chi connectivity index (χ3v) is 4.06. The molecule has 0 saturated carbocycles. The van der Waals surface area contributed by atoms with Crippen LogP contribution in [0.2, 0.25) is 0 Å². The lowest BCUT2D eigenvalue weighted by Crippen LogP contribution is -2.39. The zero-order chi connectivity index (χ0) is 15.0. The van der Waals surface area contributed by atoms with Crippen LogP contribution >= 0.6 is 11.3 Å². The number of morpholine rings is 1. The van der Waals surface area contributed by atoms with Crippen LogP contribution in [-0.4, -0.2) is 39.4 Å². The Morgan fingerprint density at radius 3 is 2.86 bits per heavy atom. The lowest BCUT2D eigenvalue weighted by atomic mass is 10.2. The smallest absolute Gasteiger partial charge is 0.366 e. The Labute approximate surface area is 122 Å². The lowest BCUT2D eigenvalue weighted by Gasteiger charge is -2.32. The van der Waals surface area contributed by atoms with Gasteiger partial charge in [0.25, 0.3) is 0 Å². The van der Waals surface area contributed by atoms with Gasteiger partial charge in [0.1, 0.15) is 12.4 Å². The molecule has 114 valence electrons. The van der Waals surface area contributed by atoms with E-state index in [-0.39, 0.29) is 6.10 Å². The van der Waals surface area contributed by atoms with Crippen molar-refractivity contribution in [3.05, 3.63) is 23.2 Å². The van der Waals surface area contributed by atoms with Crippen LogP contribution in [0.15, 0.2) is 11.7 Å². The molecule has 21 heavy (non-hydrogen) atoms. The van der Waals surface area contributed by atoms with E-state index in [0.29, 0.717) is 30.7 Å². The minimum Gasteiger partial charge on any atom is -0.366 e. The molecule has 1 atom stereocenters. The number of aromatic nitrogens is 4. The van der Waals surface area contributed by atoms with Crippen LogP contribution in [0.25, 0.3) is 0 Å². The van der Waals surface area contributed by atoms with Gasteiger partial charge in [-0.1, -0.05) is 0 Å². The summed E-state index contributed by atoms with van der Waals surface area (Å²) in [5, 5.41) is 9.14. The molecule has 6 nitrogen and oxygen atoms in total. The second-order valence-electron chi connectivity index (χ2n) is 4.62. The summed E-state index contributed by atoms with van der Waals surface area (Å²) in [7, 11) is 1.79. The molecule has 0 aliphatic carbocycles. The second kappa shape index (κ2) is 5.26. The summed E-state index contributed by atoms with van der Waals surface area (Å²) >= 11 is 0.983.